The molecule has 2 heterocycles. The highest BCUT2D eigenvalue weighted by molar-refractivity contribution is 5.81. The van der Waals surface area contributed by atoms with E-state index >= 15 is 0 Å². The maximum atomic E-state index is 11.4. The Balaban J connectivity index is 0.000000273. The highest BCUT2D eigenvalue weighted by Gasteiger charge is 2.23. The van der Waals surface area contributed by atoms with E-state index in [0.717, 1.165) is 0 Å². The molecule has 0 radical (unpaired) electrons. The second-order valence-electron chi connectivity index (χ2n) is 5.43. The van der Waals surface area contributed by atoms with Gasteiger partial charge in [0.1, 0.15) is 6.04 Å². The van der Waals surface area contributed by atoms with Gasteiger partial charge in [-0.2, -0.15) is 0 Å². The van der Waals surface area contributed by atoms with Crippen LogP contribution in [0.15, 0.2) is 49.1 Å². The van der Waals surface area contributed by atoms with E-state index in [1.165, 1.54) is 14.2 Å². The molecule has 0 saturated heterocycles. The van der Waals surface area contributed by atoms with Gasteiger partial charge in [0.05, 0.1) is 33.3 Å². The lowest BCUT2D eigenvalue weighted by Gasteiger charge is -2.14. The van der Waals surface area contributed by atoms with Crippen LogP contribution in [0.5, 0.6) is 0 Å². The van der Waals surface area contributed by atoms with Crippen molar-refractivity contribution in [3.8, 4) is 0 Å². The van der Waals surface area contributed by atoms with Gasteiger partial charge in [-0.15, -0.1) is 0 Å². The summed E-state index contributed by atoms with van der Waals surface area (Å²) in [5.74, 6) is -0.907. The highest BCUT2D eigenvalue weighted by Crippen LogP contribution is 2.14. The molecule has 0 bridgehead atoms. The molecule has 2 aromatic heterocycles. The largest absolute Gasteiger partial charge is 0.469 e. The second kappa shape index (κ2) is 11.9. The lowest BCUT2D eigenvalue weighted by atomic mass is 10.2. The predicted molar refractivity (Wildman–Crippen MR) is 94.4 cm³/mol. The molecule has 0 fully saturated rings. The van der Waals surface area contributed by atoms with Crippen LogP contribution in [0.1, 0.15) is 24.9 Å². The third-order valence-corrected chi connectivity index (χ3v) is 3.77. The minimum atomic E-state index is -0.655. The van der Waals surface area contributed by atoms with Crippen molar-refractivity contribution in [2.24, 2.45) is 0 Å². The Morgan fingerprint density at radius 2 is 1.46 bits per heavy atom. The maximum absolute atomic E-state index is 11.4. The van der Waals surface area contributed by atoms with Gasteiger partial charge in [-0.25, -0.2) is 4.79 Å². The minimum absolute atomic E-state index is 0.0231. The Bertz CT molecular complexity index is 624. The fourth-order valence-electron chi connectivity index (χ4n) is 2.32. The number of hydrogen-bond acceptors (Lipinski definition) is 6. The fraction of sp³-hybridized carbons (Fsp3) is 0.444. The monoisotopic (exact) mass is 366 g/mol. The summed E-state index contributed by atoms with van der Waals surface area (Å²) in [5, 5.41) is 17.5. The van der Waals surface area contributed by atoms with E-state index in [-0.39, 0.29) is 25.7 Å². The number of methoxy groups -OCH3 is 2. The van der Waals surface area contributed by atoms with Gasteiger partial charge in [0, 0.05) is 31.4 Å². The van der Waals surface area contributed by atoms with Crippen LogP contribution in [0.2, 0.25) is 0 Å². The quantitative estimate of drug-likeness (QED) is 0.680. The SMILES string of the molecule is COC(=O)C[C@@H](C(=O)OC)n1cccc1.OCC[C@@H](CO)n1cccc1. The van der Waals surface area contributed by atoms with E-state index in [1.54, 1.807) is 29.1 Å². The Labute approximate surface area is 152 Å². The minimum Gasteiger partial charge on any atom is -0.469 e. The van der Waals surface area contributed by atoms with Crippen LogP contribution in [-0.2, 0) is 19.1 Å². The summed E-state index contributed by atoms with van der Waals surface area (Å²) in [7, 11) is 2.57. The molecule has 0 spiro atoms. The molecule has 26 heavy (non-hydrogen) atoms. The average molecular weight is 366 g/mol. The Morgan fingerprint density at radius 3 is 1.88 bits per heavy atom. The van der Waals surface area contributed by atoms with Gasteiger partial charge in [-0.05, 0) is 30.7 Å². The van der Waals surface area contributed by atoms with Crippen LogP contribution < -0.4 is 0 Å². The molecule has 0 aliphatic rings. The van der Waals surface area contributed by atoms with E-state index in [2.05, 4.69) is 9.47 Å². The Hall–Kier alpha value is -2.58. The Kier molecular flexibility index (Phi) is 9.81. The summed E-state index contributed by atoms with van der Waals surface area (Å²) in [6.45, 7) is 0.193. The molecule has 0 amide bonds. The molecule has 2 atom stereocenters. The zero-order valence-corrected chi connectivity index (χ0v) is 15.0. The van der Waals surface area contributed by atoms with E-state index < -0.39 is 18.0 Å². The summed E-state index contributed by atoms with van der Waals surface area (Å²) >= 11 is 0. The van der Waals surface area contributed by atoms with Gasteiger partial charge < -0.3 is 28.8 Å². The molecule has 2 N–H and O–H groups in total. The van der Waals surface area contributed by atoms with Crippen LogP contribution in [0.25, 0.3) is 0 Å². The number of hydrogen-bond donors (Lipinski definition) is 2. The molecule has 8 nitrogen and oxygen atoms in total. The van der Waals surface area contributed by atoms with Gasteiger partial charge in [0.2, 0.25) is 0 Å². The molecule has 0 aliphatic carbocycles. The number of carbonyl (C=O) groups excluding carboxylic acids is 2. The molecule has 0 saturated carbocycles. The predicted octanol–water partition coefficient (Wildman–Crippen LogP) is 1.17. The van der Waals surface area contributed by atoms with Crippen molar-refractivity contribution in [1.82, 2.24) is 9.13 Å². The number of ether oxygens (including phenoxy) is 2. The first-order valence-corrected chi connectivity index (χ1v) is 8.18. The average Bonchev–Trinajstić information content (AvgIpc) is 3.37. The van der Waals surface area contributed by atoms with E-state index in [0.29, 0.717) is 6.42 Å². The van der Waals surface area contributed by atoms with Gasteiger partial charge in [-0.1, -0.05) is 0 Å². The third kappa shape index (κ3) is 6.73. The lowest BCUT2D eigenvalue weighted by molar-refractivity contribution is -0.151. The van der Waals surface area contributed by atoms with Crippen molar-refractivity contribution >= 4 is 11.9 Å². The van der Waals surface area contributed by atoms with Crippen molar-refractivity contribution in [3.05, 3.63) is 49.1 Å². The standard InChI is InChI=1S/C10H13NO4.C8H13NO2/c1-14-9(12)7-8(10(13)15-2)11-5-3-4-6-11;10-6-3-8(7-11)9-4-1-2-5-9/h3-6,8H,7H2,1-2H3;1-2,4-5,8,10-11H,3,6-7H2/t2*8-/m00/s1. The summed E-state index contributed by atoms with van der Waals surface area (Å²) in [6.07, 6.45) is 7.74. The molecular formula is C18H26N2O6. The smallest absolute Gasteiger partial charge is 0.329 e. The summed E-state index contributed by atoms with van der Waals surface area (Å²) in [4.78, 5) is 22.5. The summed E-state index contributed by atoms with van der Waals surface area (Å²) in [6, 6.07) is 6.72. The highest BCUT2D eigenvalue weighted by atomic mass is 16.5. The summed E-state index contributed by atoms with van der Waals surface area (Å²) in [5.41, 5.74) is 0. The topological polar surface area (TPSA) is 103 Å². The van der Waals surface area contributed by atoms with Crippen LogP contribution in [0.3, 0.4) is 0 Å². The number of rotatable bonds is 8. The molecular weight excluding hydrogens is 340 g/mol. The molecule has 0 aromatic carbocycles. The van der Waals surface area contributed by atoms with Gasteiger partial charge in [0.15, 0.2) is 0 Å². The van der Waals surface area contributed by atoms with Crippen molar-refractivity contribution in [2.45, 2.75) is 24.9 Å². The molecule has 0 unspecified atom stereocenters. The van der Waals surface area contributed by atoms with Crippen LogP contribution >= 0.6 is 0 Å². The molecule has 0 aliphatic heterocycles. The second-order valence-corrected chi connectivity index (χ2v) is 5.43. The van der Waals surface area contributed by atoms with Crippen molar-refractivity contribution in [2.75, 3.05) is 27.4 Å². The van der Waals surface area contributed by atoms with E-state index in [9.17, 15) is 9.59 Å². The first kappa shape index (κ1) is 21.5. The van der Waals surface area contributed by atoms with Crippen molar-refractivity contribution in [3.63, 3.8) is 0 Å². The number of carbonyl (C=O) groups is 2. The fourth-order valence-corrected chi connectivity index (χ4v) is 2.32. The van der Waals surface area contributed by atoms with Crippen LogP contribution in [0, 0.1) is 0 Å². The van der Waals surface area contributed by atoms with Gasteiger partial charge in [0.25, 0.3) is 0 Å². The number of aliphatic hydroxyl groups is 2. The van der Waals surface area contributed by atoms with E-state index in [4.69, 9.17) is 10.2 Å². The number of esters is 2. The molecule has 2 rings (SSSR count). The first-order chi connectivity index (χ1) is 12.6. The number of aliphatic hydroxyl groups excluding tert-OH is 2. The molecule has 144 valence electrons. The van der Waals surface area contributed by atoms with E-state index in [1.807, 2.05) is 29.1 Å². The van der Waals surface area contributed by atoms with Crippen molar-refractivity contribution < 1.29 is 29.3 Å². The number of aromatic nitrogens is 2. The first-order valence-electron chi connectivity index (χ1n) is 8.18. The van der Waals surface area contributed by atoms with Gasteiger partial charge >= 0.3 is 11.9 Å². The zero-order valence-electron chi connectivity index (χ0n) is 15.0. The number of nitrogens with zero attached hydrogens (tertiary/aromatic N) is 2. The van der Waals surface area contributed by atoms with Gasteiger partial charge in [-0.3, -0.25) is 4.79 Å². The Morgan fingerprint density at radius 1 is 0.923 bits per heavy atom. The molecule has 8 heteroatoms. The van der Waals surface area contributed by atoms with Crippen LogP contribution in [0.4, 0.5) is 0 Å². The van der Waals surface area contributed by atoms with Crippen molar-refractivity contribution in [1.29, 1.82) is 0 Å². The lowest BCUT2D eigenvalue weighted by Crippen LogP contribution is -2.23. The zero-order chi connectivity index (χ0) is 19.4. The normalized spacial score (nSPS) is 12.5. The maximum Gasteiger partial charge on any atom is 0.329 e. The van der Waals surface area contributed by atoms with Crippen LogP contribution in [-0.4, -0.2) is 58.7 Å². The molecule has 2 aromatic rings. The summed E-state index contributed by atoms with van der Waals surface area (Å²) < 4.78 is 12.6. The third-order valence-electron chi connectivity index (χ3n) is 3.77.